The van der Waals surface area contributed by atoms with Crippen LogP contribution in [0.5, 0.6) is 11.5 Å². The fourth-order valence-electron chi connectivity index (χ4n) is 2.62. The van der Waals surface area contributed by atoms with Crippen molar-refractivity contribution in [2.24, 2.45) is 0 Å². The van der Waals surface area contributed by atoms with Gasteiger partial charge in [0, 0.05) is 5.56 Å². The Bertz CT molecular complexity index is 861. The van der Waals surface area contributed by atoms with E-state index in [9.17, 15) is 0 Å². The fourth-order valence-corrected chi connectivity index (χ4v) is 2.62. The van der Waals surface area contributed by atoms with Crippen molar-refractivity contribution in [2.45, 2.75) is 26.2 Å². The lowest BCUT2D eigenvalue weighted by atomic mass is 9.87. The van der Waals surface area contributed by atoms with Gasteiger partial charge in [-0.25, -0.2) is 0 Å². The third-order valence-corrected chi connectivity index (χ3v) is 4.06. The standard InChI is InChI=1S/C20H22N2O3/c1-20(2,3)14-11-9-13(10-12-14)18-21-22-19(25-18)15-7-6-8-16(23-4)17(15)24-5/h6-12H,1-5H3. The number of benzene rings is 2. The van der Waals surface area contributed by atoms with E-state index in [1.165, 1.54) is 5.56 Å². The zero-order valence-electron chi connectivity index (χ0n) is 15.2. The van der Waals surface area contributed by atoms with Gasteiger partial charge in [-0.1, -0.05) is 39.0 Å². The average molecular weight is 338 g/mol. The van der Waals surface area contributed by atoms with Crippen LogP contribution in [0.1, 0.15) is 26.3 Å². The Kier molecular flexibility index (Phi) is 4.49. The van der Waals surface area contributed by atoms with Gasteiger partial charge in [0.25, 0.3) is 5.89 Å². The highest BCUT2D eigenvalue weighted by molar-refractivity contribution is 5.68. The minimum Gasteiger partial charge on any atom is -0.493 e. The SMILES string of the molecule is COc1cccc(-c2nnc(-c3ccc(C(C)(C)C)cc3)o2)c1OC. The molecule has 0 saturated carbocycles. The predicted molar refractivity (Wildman–Crippen MR) is 97.0 cm³/mol. The van der Waals surface area contributed by atoms with Crippen molar-refractivity contribution in [3.63, 3.8) is 0 Å². The van der Waals surface area contributed by atoms with Crippen molar-refractivity contribution in [3.8, 4) is 34.4 Å². The van der Waals surface area contributed by atoms with Gasteiger partial charge in [-0.15, -0.1) is 10.2 Å². The molecule has 0 bridgehead atoms. The Morgan fingerprint density at radius 3 is 2.12 bits per heavy atom. The van der Waals surface area contributed by atoms with Crippen molar-refractivity contribution in [1.29, 1.82) is 0 Å². The predicted octanol–water partition coefficient (Wildman–Crippen LogP) is 4.72. The number of para-hydroxylation sites is 1. The van der Waals surface area contributed by atoms with Gasteiger partial charge in [-0.2, -0.15) is 0 Å². The van der Waals surface area contributed by atoms with Crippen LogP contribution < -0.4 is 9.47 Å². The van der Waals surface area contributed by atoms with E-state index in [-0.39, 0.29) is 5.41 Å². The van der Waals surface area contributed by atoms with E-state index in [0.29, 0.717) is 28.8 Å². The van der Waals surface area contributed by atoms with E-state index >= 15 is 0 Å². The molecule has 0 radical (unpaired) electrons. The number of ether oxygens (including phenoxy) is 2. The first-order chi connectivity index (χ1) is 11.9. The highest BCUT2D eigenvalue weighted by Gasteiger charge is 2.18. The molecule has 0 N–H and O–H groups in total. The van der Waals surface area contributed by atoms with Crippen LogP contribution in [0.3, 0.4) is 0 Å². The van der Waals surface area contributed by atoms with Crippen LogP contribution in [0, 0.1) is 0 Å². The summed E-state index contributed by atoms with van der Waals surface area (Å²) in [6.45, 7) is 6.55. The monoisotopic (exact) mass is 338 g/mol. The highest BCUT2D eigenvalue weighted by Crippen LogP contribution is 2.38. The van der Waals surface area contributed by atoms with Crippen LogP contribution >= 0.6 is 0 Å². The Balaban J connectivity index is 1.96. The molecule has 1 aromatic heterocycles. The lowest BCUT2D eigenvalue weighted by Gasteiger charge is -2.18. The summed E-state index contributed by atoms with van der Waals surface area (Å²) < 4.78 is 16.6. The van der Waals surface area contributed by atoms with Crippen LogP contribution in [-0.2, 0) is 5.41 Å². The maximum Gasteiger partial charge on any atom is 0.252 e. The van der Waals surface area contributed by atoms with Gasteiger partial charge in [0.1, 0.15) is 0 Å². The normalized spacial score (nSPS) is 11.4. The summed E-state index contributed by atoms with van der Waals surface area (Å²) in [6, 6.07) is 13.7. The second-order valence-corrected chi connectivity index (χ2v) is 6.78. The van der Waals surface area contributed by atoms with Crippen molar-refractivity contribution < 1.29 is 13.9 Å². The number of hydrogen-bond donors (Lipinski definition) is 0. The molecule has 0 aliphatic carbocycles. The highest BCUT2D eigenvalue weighted by atomic mass is 16.5. The summed E-state index contributed by atoms with van der Waals surface area (Å²) in [5.74, 6) is 2.06. The molecule has 5 heteroatoms. The van der Waals surface area contributed by atoms with Crippen LogP contribution in [-0.4, -0.2) is 24.4 Å². The first kappa shape index (κ1) is 17.0. The minimum absolute atomic E-state index is 0.104. The van der Waals surface area contributed by atoms with E-state index in [2.05, 4.69) is 43.1 Å². The van der Waals surface area contributed by atoms with Crippen LogP contribution in [0.4, 0.5) is 0 Å². The molecule has 0 aliphatic rings. The molecule has 2 aromatic carbocycles. The molecule has 0 atom stereocenters. The Hall–Kier alpha value is -2.82. The molecule has 0 saturated heterocycles. The number of aromatic nitrogens is 2. The van der Waals surface area contributed by atoms with Crippen molar-refractivity contribution in [1.82, 2.24) is 10.2 Å². The van der Waals surface area contributed by atoms with E-state index < -0.39 is 0 Å². The molecule has 0 spiro atoms. The minimum atomic E-state index is 0.104. The zero-order chi connectivity index (χ0) is 18.0. The fraction of sp³-hybridized carbons (Fsp3) is 0.300. The quantitative estimate of drug-likeness (QED) is 0.689. The van der Waals surface area contributed by atoms with Crippen LogP contribution in [0.15, 0.2) is 46.9 Å². The average Bonchev–Trinajstić information content (AvgIpc) is 3.10. The second kappa shape index (κ2) is 6.59. The van der Waals surface area contributed by atoms with Gasteiger partial charge in [0.15, 0.2) is 11.5 Å². The number of hydrogen-bond acceptors (Lipinski definition) is 5. The molecule has 0 unspecified atom stereocenters. The number of methoxy groups -OCH3 is 2. The zero-order valence-corrected chi connectivity index (χ0v) is 15.2. The number of nitrogens with zero attached hydrogens (tertiary/aromatic N) is 2. The summed E-state index contributed by atoms with van der Waals surface area (Å²) >= 11 is 0. The van der Waals surface area contributed by atoms with Crippen molar-refractivity contribution >= 4 is 0 Å². The smallest absolute Gasteiger partial charge is 0.252 e. The molecule has 3 aromatic rings. The lowest BCUT2D eigenvalue weighted by molar-refractivity contribution is 0.355. The van der Waals surface area contributed by atoms with Crippen molar-refractivity contribution in [2.75, 3.05) is 14.2 Å². The maximum atomic E-state index is 5.87. The van der Waals surface area contributed by atoms with Gasteiger partial charge in [-0.3, -0.25) is 0 Å². The molecular formula is C20H22N2O3. The van der Waals surface area contributed by atoms with Crippen molar-refractivity contribution in [3.05, 3.63) is 48.0 Å². The van der Waals surface area contributed by atoms with Gasteiger partial charge in [0.2, 0.25) is 5.89 Å². The largest absolute Gasteiger partial charge is 0.493 e. The number of rotatable bonds is 4. The molecule has 0 amide bonds. The summed E-state index contributed by atoms with van der Waals surface area (Å²) in [7, 11) is 3.18. The maximum absolute atomic E-state index is 5.87. The van der Waals surface area contributed by atoms with E-state index in [0.717, 1.165) is 5.56 Å². The first-order valence-electron chi connectivity index (χ1n) is 8.10. The third-order valence-electron chi connectivity index (χ3n) is 4.06. The summed E-state index contributed by atoms with van der Waals surface area (Å²) in [5, 5.41) is 8.34. The summed E-state index contributed by atoms with van der Waals surface area (Å²) in [5.41, 5.74) is 2.94. The first-order valence-corrected chi connectivity index (χ1v) is 8.10. The lowest BCUT2D eigenvalue weighted by Crippen LogP contribution is -2.10. The van der Waals surface area contributed by atoms with E-state index in [1.807, 2.05) is 30.3 Å². The third kappa shape index (κ3) is 3.36. The Morgan fingerprint density at radius 1 is 0.840 bits per heavy atom. The molecule has 3 rings (SSSR count). The van der Waals surface area contributed by atoms with Crippen LogP contribution in [0.25, 0.3) is 22.9 Å². The Labute approximate surface area is 147 Å². The molecule has 5 nitrogen and oxygen atoms in total. The molecule has 0 aliphatic heterocycles. The second-order valence-electron chi connectivity index (χ2n) is 6.78. The summed E-state index contributed by atoms with van der Waals surface area (Å²) in [4.78, 5) is 0. The molecule has 1 heterocycles. The van der Waals surface area contributed by atoms with Crippen LogP contribution in [0.2, 0.25) is 0 Å². The van der Waals surface area contributed by atoms with E-state index in [4.69, 9.17) is 13.9 Å². The summed E-state index contributed by atoms with van der Waals surface area (Å²) in [6.07, 6.45) is 0. The van der Waals surface area contributed by atoms with E-state index in [1.54, 1.807) is 14.2 Å². The van der Waals surface area contributed by atoms with Gasteiger partial charge >= 0.3 is 0 Å². The molecule has 130 valence electrons. The van der Waals surface area contributed by atoms with Gasteiger partial charge in [0.05, 0.1) is 19.8 Å². The topological polar surface area (TPSA) is 57.4 Å². The van der Waals surface area contributed by atoms with Gasteiger partial charge < -0.3 is 13.9 Å². The molecular weight excluding hydrogens is 316 g/mol. The van der Waals surface area contributed by atoms with Gasteiger partial charge in [-0.05, 0) is 35.2 Å². The molecule has 0 fully saturated rings. The Morgan fingerprint density at radius 2 is 1.52 bits per heavy atom. The molecule has 25 heavy (non-hydrogen) atoms.